The minimum absolute atomic E-state index is 0.0389. The molecule has 0 spiro atoms. The average molecular weight is 1640 g/mol. The summed E-state index contributed by atoms with van der Waals surface area (Å²) in [5.41, 5.74) is 17.6. The smallest absolute Gasteiger partial charge is 0.227 e. The third-order valence-electron chi connectivity index (χ3n) is 19.8. The molecule has 0 aliphatic carbocycles. The Morgan fingerprint density at radius 3 is 1.23 bits per heavy atom. The van der Waals surface area contributed by atoms with Crippen LogP contribution in [0.2, 0.25) is 0 Å². The highest BCUT2D eigenvalue weighted by Crippen LogP contribution is 2.40. The maximum atomic E-state index is 11.8. The van der Waals surface area contributed by atoms with E-state index >= 15 is 0 Å². The van der Waals surface area contributed by atoms with Crippen molar-refractivity contribution in [1.82, 2.24) is 34.9 Å². The topological polar surface area (TPSA) is 312 Å². The van der Waals surface area contributed by atoms with Crippen molar-refractivity contribution in [3.63, 3.8) is 0 Å². The van der Waals surface area contributed by atoms with Crippen molar-refractivity contribution in [2.45, 2.75) is 90.8 Å². The van der Waals surface area contributed by atoms with Gasteiger partial charge in [-0.05, 0) is 197 Å². The lowest BCUT2D eigenvalue weighted by molar-refractivity contribution is 0.101. The van der Waals surface area contributed by atoms with E-state index in [1.807, 2.05) is 144 Å². The van der Waals surface area contributed by atoms with E-state index in [1.54, 1.807) is 34.8 Å². The van der Waals surface area contributed by atoms with Crippen molar-refractivity contribution in [2.24, 2.45) is 0 Å². The molecule has 5 aliphatic rings. The Balaban J connectivity index is 0.000000113. The maximum Gasteiger partial charge on any atom is 0.227 e. The zero-order valence-corrected chi connectivity index (χ0v) is 68.1. The van der Waals surface area contributed by atoms with Gasteiger partial charge in [-0.2, -0.15) is 0 Å². The fourth-order valence-electron chi connectivity index (χ4n) is 13.1. The highest BCUT2D eigenvalue weighted by molar-refractivity contribution is 7.23. The van der Waals surface area contributed by atoms with Crippen LogP contribution < -0.4 is 29.0 Å². The van der Waals surface area contributed by atoms with Gasteiger partial charge in [-0.1, -0.05) is 0 Å². The number of carbonyl (C=O) groups is 1. The van der Waals surface area contributed by atoms with E-state index < -0.39 is 0 Å². The number of hydrogen-bond acceptors (Lipinski definition) is 28. The van der Waals surface area contributed by atoms with Gasteiger partial charge >= 0.3 is 0 Å². The Hall–Kier alpha value is -11.7. The molecule has 5 fully saturated rings. The number of anilines is 1. The first-order valence-electron chi connectivity index (χ1n) is 39.8. The molecule has 0 radical (unpaired) electrons. The number of ketones is 1. The number of rotatable bonds is 32. The predicted molar refractivity (Wildman–Crippen MR) is 452 cm³/mol. The molecule has 610 valence electrons. The molecule has 0 amide bonds. The lowest BCUT2D eigenvalue weighted by Gasteiger charge is -2.07. The molecule has 5 atom stereocenters. The van der Waals surface area contributed by atoms with E-state index in [4.69, 9.17) is 88.9 Å². The summed E-state index contributed by atoms with van der Waals surface area (Å²) in [7, 11) is 1.85. The first-order chi connectivity index (χ1) is 58.2. The van der Waals surface area contributed by atoms with Crippen LogP contribution in [0.15, 0.2) is 180 Å². The number of aromatic nitrogens is 7. The number of fused-ring (bicyclic) bond motifs is 7. The summed E-state index contributed by atoms with van der Waals surface area (Å²) in [6, 6.07) is 51.1. The van der Waals surface area contributed by atoms with Gasteiger partial charge in [0.25, 0.3) is 0 Å². The molecule has 16 aromatic rings. The molecule has 5 unspecified atom stereocenters. The van der Waals surface area contributed by atoms with Gasteiger partial charge in [0.2, 0.25) is 17.7 Å². The molecule has 1 N–H and O–H groups in total. The summed E-state index contributed by atoms with van der Waals surface area (Å²) in [6.07, 6.45) is 5.15. The normalized spacial score (nSPS) is 16.8. The van der Waals surface area contributed by atoms with Crippen molar-refractivity contribution in [1.29, 1.82) is 0 Å². The van der Waals surface area contributed by atoms with E-state index in [1.165, 1.54) is 6.92 Å². The summed E-state index contributed by atoms with van der Waals surface area (Å²) in [5.74, 6) is 6.72. The van der Waals surface area contributed by atoms with Crippen LogP contribution in [-0.4, -0.2) is 171 Å². The number of nitrogens with zero attached hydrogens (tertiary/aromatic N) is 7. The molecule has 0 saturated carbocycles. The van der Waals surface area contributed by atoms with Crippen LogP contribution in [0.4, 0.5) is 5.69 Å². The third kappa shape index (κ3) is 20.5. The number of thiazole rings is 2. The molecular formula is C91H86N8O18S2. The Kier molecular flexibility index (Phi) is 23.4. The Bertz CT molecular complexity index is 5820. The number of Topliss-reactive ketones (excluding diaryl/α,β-unsaturated/α-hetero) is 1. The van der Waals surface area contributed by atoms with Gasteiger partial charge in [-0.3, -0.25) is 4.79 Å². The van der Waals surface area contributed by atoms with Gasteiger partial charge in [0.15, 0.2) is 45.5 Å². The second kappa shape index (κ2) is 35.5. The SMILES string of the molecule is CNc1ccc2oc(-c3cc(OCC4CO4)cc(C(C)=O)c3)nc2c1.Cc1cc(OCC2CO2)cc(-c2nc3cc4nc(C)oc4cc3o2)c1.Cc1cc(OCC2CO2)cc(-c2nc3cc4oc(C)nc4cc3o2)c1.c1cc(-c2nc3cc4sc(-c5ccc(OCCCCOCC6CO6)cc5)nc4cc3s2)ccc1OCCCCOCC1CO1. The number of aryl methyl sites for hydroxylation is 4. The summed E-state index contributed by atoms with van der Waals surface area (Å²) < 4.78 is 97.3. The van der Waals surface area contributed by atoms with Crippen LogP contribution >= 0.6 is 22.7 Å². The van der Waals surface area contributed by atoms with Crippen LogP contribution in [0.25, 0.3) is 131 Å². The van der Waals surface area contributed by atoms with E-state index in [2.05, 4.69) is 66.6 Å². The molecule has 5 saturated heterocycles. The summed E-state index contributed by atoms with van der Waals surface area (Å²) in [6.45, 7) is 19.1. The molecule has 0 bridgehead atoms. The molecule has 5 aliphatic heterocycles. The standard InChI is InChI=1S/C34H36N2O6S2.2C19H16N2O4.C19H18N2O4/c1(13-37-19-27-21-41-27)3-15-39-25-9-5-23(6-10-25)33-35-29-17-32-30(18-31(29)43-33)36-34(44-32)24-7-11-26(12-8-24)40-16-4-2-14-38-20-28-22-42-28;1-10-3-12(5-13(4-10)22-8-14-9-23-14)19-21-16-7-17-15(6-18(16)25-19)20-11(2)24-17;1-10-3-12(5-13(4-10)22-8-14-9-23-14)19-21-16-6-15-17(7-18(16)25-19)24-11(2)20-15;1-11(22)12-5-13(7-15(6-12)23-9-16-10-24-16)19-21-17-8-14(20-2)3-4-18(17)25-19/h5-12,17-18,27-28H,1-4,13-16,19-22H2;2*3-7,14H,8-9H2,1-2H3;3-8,16,20H,9-10H2,1-2H3. The fourth-order valence-corrected chi connectivity index (χ4v) is 15.1. The fraction of sp³-hybridized carbons (Fsp3) is 0.319. The Morgan fingerprint density at radius 2 is 0.756 bits per heavy atom. The van der Waals surface area contributed by atoms with Crippen molar-refractivity contribution in [3.8, 4) is 84.3 Å². The van der Waals surface area contributed by atoms with Gasteiger partial charge in [0.05, 0.1) is 79.9 Å². The molecular weight excluding hydrogens is 1560 g/mol. The number of ether oxygens (including phenoxy) is 12. The van der Waals surface area contributed by atoms with Crippen molar-refractivity contribution in [3.05, 3.63) is 186 Å². The number of nitrogens with one attached hydrogen (secondary N) is 1. The van der Waals surface area contributed by atoms with Crippen LogP contribution in [0.3, 0.4) is 0 Å². The van der Waals surface area contributed by atoms with Gasteiger partial charge in [-0.15, -0.1) is 22.7 Å². The number of hydrogen-bond donors (Lipinski definition) is 1. The number of oxazole rings is 5. The van der Waals surface area contributed by atoms with Gasteiger partial charge in [-0.25, -0.2) is 34.9 Å². The number of epoxide rings is 5. The number of unbranched alkanes of at least 4 members (excludes halogenated alkanes) is 2. The van der Waals surface area contributed by atoms with E-state index in [-0.39, 0.29) is 24.1 Å². The van der Waals surface area contributed by atoms with Crippen LogP contribution in [-0.2, 0) is 33.2 Å². The van der Waals surface area contributed by atoms with Crippen molar-refractivity contribution >= 4 is 110 Å². The average Bonchev–Trinajstić information content (AvgIpc) is 1.63. The highest BCUT2D eigenvalue weighted by atomic mass is 32.1. The molecule has 119 heavy (non-hydrogen) atoms. The summed E-state index contributed by atoms with van der Waals surface area (Å²) in [5, 5.41) is 5.07. The molecule has 12 heterocycles. The van der Waals surface area contributed by atoms with Gasteiger partial charge in [0.1, 0.15) is 117 Å². The monoisotopic (exact) mass is 1640 g/mol. The molecule has 9 aromatic carbocycles. The summed E-state index contributed by atoms with van der Waals surface area (Å²) in [4.78, 5) is 44.2. The van der Waals surface area contributed by atoms with Gasteiger partial charge in [0, 0.05) is 91.4 Å². The quantitative estimate of drug-likeness (QED) is 0.0233. The lowest BCUT2D eigenvalue weighted by Crippen LogP contribution is -2.05. The van der Waals surface area contributed by atoms with Crippen molar-refractivity contribution in [2.75, 3.05) is 105 Å². The zero-order valence-electron chi connectivity index (χ0n) is 66.4. The van der Waals surface area contributed by atoms with E-state index in [9.17, 15) is 4.79 Å². The van der Waals surface area contributed by atoms with Gasteiger partial charge < -0.3 is 84.2 Å². The third-order valence-corrected chi connectivity index (χ3v) is 21.9. The maximum absolute atomic E-state index is 11.8. The highest BCUT2D eigenvalue weighted by Gasteiger charge is 2.28. The minimum atomic E-state index is -0.0389. The first-order valence-corrected chi connectivity index (χ1v) is 41.4. The largest absolute Gasteiger partial charge is 0.494 e. The van der Waals surface area contributed by atoms with Crippen LogP contribution in [0.1, 0.15) is 65.9 Å². The van der Waals surface area contributed by atoms with Crippen LogP contribution in [0.5, 0.6) is 28.7 Å². The minimum Gasteiger partial charge on any atom is -0.494 e. The van der Waals surface area contributed by atoms with E-state index in [0.29, 0.717) is 133 Å². The Labute approximate surface area is 690 Å². The Morgan fingerprint density at radius 1 is 0.361 bits per heavy atom. The van der Waals surface area contributed by atoms with E-state index in [0.717, 1.165) is 192 Å². The number of carbonyl (C=O) groups excluding carboxylic acids is 1. The predicted octanol–water partition coefficient (Wildman–Crippen LogP) is 19.0. The molecule has 28 heteroatoms. The first kappa shape index (κ1) is 78.5. The molecule has 21 rings (SSSR count). The second-order valence-electron chi connectivity index (χ2n) is 29.7. The van der Waals surface area contributed by atoms with Crippen molar-refractivity contribution < 1.29 is 83.7 Å². The second-order valence-corrected chi connectivity index (χ2v) is 31.8. The van der Waals surface area contributed by atoms with Crippen LogP contribution in [0, 0.1) is 27.7 Å². The number of benzene rings is 9. The lowest BCUT2D eigenvalue weighted by atomic mass is 10.1. The molecule has 7 aromatic heterocycles. The zero-order chi connectivity index (χ0) is 80.9. The summed E-state index contributed by atoms with van der Waals surface area (Å²) >= 11 is 3.38. The molecule has 26 nitrogen and oxygen atoms in total.